The van der Waals surface area contributed by atoms with Gasteiger partial charge in [-0.2, -0.15) is 26.3 Å². The van der Waals surface area contributed by atoms with Crippen LogP contribution in [0.25, 0.3) is 10.9 Å². The van der Waals surface area contributed by atoms with Gasteiger partial charge in [0.1, 0.15) is 11.4 Å². The van der Waals surface area contributed by atoms with Crippen molar-refractivity contribution in [1.29, 1.82) is 0 Å². The monoisotopic (exact) mass is 323 g/mol. The van der Waals surface area contributed by atoms with Crippen molar-refractivity contribution >= 4 is 10.9 Å². The van der Waals surface area contributed by atoms with Crippen LogP contribution in [0.5, 0.6) is 5.75 Å². The Labute approximate surface area is 121 Å². The summed E-state index contributed by atoms with van der Waals surface area (Å²) in [4.78, 5) is 3.16. The minimum atomic E-state index is -4.87. The number of benzene rings is 1. The number of nitrogens with zero attached hydrogens (tertiary/aromatic N) is 1. The first-order valence-corrected chi connectivity index (χ1v) is 6.25. The summed E-state index contributed by atoms with van der Waals surface area (Å²) in [5, 5.41) is -0.114. The molecule has 0 aliphatic rings. The first kappa shape index (κ1) is 16.4. The van der Waals surface area contributed by atoms with E-state index < -0.39 is 35.2 Å². The number of fused-ring (bicyclic) bond motifs is 1. The number of hydrogen-bond acceptors (Lipinski definition) is 2. The Hall–Kier alpha value is -1.99. The van der Waals surface area contributed by atoms with E-state index >= 15 is 0 Å². The first-order chi connectivity index (χ1) is 10.00. The van der Waals surface area contributed by atoms with E-state index in [-0.39, 0.29) is 11.1 Å². The topological polar surface area (TPSA) is 22.1 Å². The number of para-hydroxylation sites is 1. The Morgan fingerprint density at radius 1 is 1.00 bits per heavy atom. The van der Waals surface area contributed by atoms with Gasteiger partial charge in [-0.1, -0.05) is 6.07 Å². The van der Waals surface area contributed by atoms with Crippen molar-refractivity contribution in [3.05, 3.63) is 35.5 Å². The molecule has 0 aliphatic heterocycles. The molecule has 0 bridgehead atoms. The largest absolute Gasteiger partial charge is 0.490 e. The normalized spacial score (nSPS) is 13.0. The van der Waals surface area contributed by atoms with Crippen LogP contribution in [0.1, 0.15) is 25.1 Å². The molecule has 1 aromatic heterocycles. The van der Waals surface area contributed by atoms with Gasteiger partial charge in [-0.3, -0.25) is 0 Å². The Balaban J connectivity index is 2.83. The third-order valence-corrected chi connectivity index (χ3v) is 2.76. The lowest BCUT2D eigenvalue weighted by molar-refractivity contribution is -0.142. The minimum Gasteiger partial charge on any atom is -0.490 e. The van der Waals surface area contributed by atoms with Crippen molar-refractivity contribution in [3.63, 3.8) is 0 Å². The molecule has 120 valence electrons. The second-order valence-electron chi connectivity index (χ2n) is 4.87. The maximum Gasteiger partial charge on any atom is 0.433 e. The zero-order valence-corrected chi connectivity index (χ0v) is 11.5. The molecule has 0 saturated carbocycles. The van der Waals surface area contributed by atoms with Crippen LogP contribution in [0, 0.1) is 0 Å². The SMILES string of the molecule is CC(C)Oc1cc(C(F)(F)F)nc2c(C(F)(F)F)cccc12. The summed E-state index contributed by atoms with van der Waals surface area (Å²) in [7, 11) is 0. The lowest BCUT2D eigenvalue weighted by Gasteiger charge is -2.17. The quantitative estimate of drug-likeness (QED) is 0.721. The van der Waals surface area contributed by atoms with Crippen molar-refractivity contribution in [2.75, 3.05) is 0 Å². The smallest absolute Gasteiger partial charge is 0.433 e. The highest BCUT2D eigenvalue weighted by Gasteiger charge is 2.37. The van der Waals surface area contributed by atoms with E-state index in [4.69, 9.17) is 4.74 Å². The van der Waals surface area contributed by atoms with Crippen LogP contribution >= 0.6 is 0 Å². The van der Waals surface area contributed by atoms with Gasteiger partial charge >= 0.3 is 12.4 Å². The molecule has 0 amide bonds. The molecule has 0 aliphatic carbocycles. The summed E-state index contributed by atoms with van der Waals surface area (Å²) in [6.45, 7) is 3.13. The number of hydrogen-bond donors (Lipinski definition) is 0. The fourth-order valence-electron chi connectivity index (χ4n) is 1.94. The first-order valence-electron chi connectivity index (χ1n) is 6.25. The fourth-order valence-corrected chi connectivity index (χ4v) is 1.94. The maximum atomic E-state index is 13.0. The Bertz CT molecular complexity index is 690. The highest BCUT2D eigenvalue weighted by molar-refractivity contribution is 5.88. The van der Waals surface area contributed by atoms with Crippen molar-refractivity contribution in [2.45, 2.75) is 32.3 Å². The maximum absolute atomic E-state index is 13.0. The summed E-state index contributed by atoms with van der Waals surface area (Å²) < 4.78 is 82.7. The second-order valence-corrected chi connectivity index (χ2v) is 4.87. The molecule has 2 nitrogen and oxygen atoms in total. The summed E-state index contributed by atoms with van der Waals surface area (Å²) in [5.41, 5.74) is -3.43. The lowest BCUT2D eigenvalue weighted by atomic mass is 10.1. The third kappa shape index (κ3) is 3.26. The van der Waals surface area contributed by atoms with Gasteiger partial charge in [-0.25, -0.2) is 4.98 Å². The van der Waals surface area contributed by atoms with Gasteiger partial charge in [0, 0.05) is 11.5 Å². The molecule has 2 rings (SSSR count). The van der Waals surface area contributed by atoms with Gasteiger partial charge in [-0.15, -0.1) is 0 Å². The average Bonchev–Trinajstić information content (AvgIpc) is 2.34. The molecule has 0 atom stereocenters. The second kappa shape index (κ2) is 5.33. The van der Waals surface area contributed by atoms with Gasteiger partial charge in [-0.05, 0) is 26.0 Å². The fraction of sp³-hybridized carbons (Fsp3) is 0.357. The van der Waals surface area contributed by atoms with E-state index in [2.05, 4.69) is 4.98 Å². The van der Waals surface area contributed by atoms with Crippen LogP contribution in [0.15, 0.2) is 24.3 Å². The van der Waals surface area contributed by atoms with Crippen molar-refractivity contribution in [1.82, 2.24) is 4.98 Å². The van der Waals surface area contributed by atoms with E-state index in [9.17, 15) is 26.3 Å². The van der Waals surface area contributed by atoms with Crippen molar-refractivity contribution in [2.24, 2.45) is 0 Å². The van der Waals surface area contributed by atoms with Crippen molar-refractivity contribution < 1.29 is 31.1 Å². The zero-order valence-electron chi connectivity index (χ0n) is 11.5. The molecule has 0 N–H and O–H groups in total. The van der Waals surface area contributed by atoms with Gasteiger partial charge in [0.05, 0.1) is 17.2 Å². The Morgan fingerprint density at radius 2 is 1.64 bits per heavy atom. The van der Waals surface area contributed by atoms with Gasteiger partial charge in [0.2, 0.25) is 0 Å². The molecule has 0 fully saturated rings. The van der Waals surface area contributed by atoms with E-state index in [0.29, 0.717) is 12.1 Å². The summed E-state index contributed by atoms with van der Waals surface area (Å²) in [6.07, 6.45) is -10.2. The molecule has 0 unspecified atom stereocenters. The third-order valence-electron chi connectivity index (χ3n) is 2.76. The Morgan fingerprint density at radius 3 is 2.14 bits per heavy atom. The minimum absolute atomic E-state index is 0.114. The molecule has 1 heterocycles. The molecule has 2 aromatic rings. The Kier molecular flexibility index (Phi) is 3.97. The van der Waals surface area contributed by atoms with Crippen LogP contribution in [0.4, 0.5) is 26.3 Å². The molecule has 8 heteroatoms. The molecular weight excluding hydrogens is 312 g/mol. The van der Waals surface area contributed by atoms with Crippen molar-refractivity contribution in [3.8, 4) is 5.75 Å². The van der Waals surface area contributed by atoms with Crippen LogP contribution in [0.2, 0.25) is 0 Å². The van der Waals surface area contributed by atoms with Gasteiger partial charge in [0.25, 0.3) is 0 Å². The highest BCUT2D eigenvalue weighted by Crippen LogP contribution is 2.39. The predicted octanol–water partition coefficient (Wildman–Crippen LogP) is 5.06. The highest BCUT2D eigenvalue weighted by atomic mass is 19.4. The number of rotatable bonds is 2. The summed E-state index contributed by atoms with van der Waals surface area (Å²) >= 11 is 0. The molecule has 0 radical (unpaired) electrons. The molecule has 0 spiro atoms. The molecule has 1 aromatic carbocycles. The lowest BCUT2D eigenvalue weighted by Crippen LogP contribution is -2.14. The average molecular weight is 323 g/mol. The zero-order chi connectivity index (χ0) is 16.7. The van der Waals surface area contributed by atoms with E-state index in [0.717, 1.165) is 6.07 Å². The molecule has 0 saturated heterocycles. The van der Waals surface area contributed by atoms with Gasteiger partial charge < -0.3 is 4.74 Å². The standard InChI is InChI=1S/C14H11F6NO/c1-7(2)22-10-6-11(14(18,19)20)21-12-8(10)4-3-5-9(12)13(15,16)17/h3-7H,1-2H3. The summed E-state index contributed by atoms with van der Waals surface area (Å²) in [6, 6.07) is 3.65. The number of halogens is 6. The summed E-state index contributed by atoms with van der Waals surface area (Å²) in [5.74, 6) is -0.279. The molecular formula is C14H11F6NO. The van der Waals surface area contributed by atoms with Crippen LogP contribution < -0.4 is 4.74 Å². The van der Waals surface area contributed by atoms with E-state index in [1.165, 1.54) is 6.07 Å². The number of alkyl halides is 6. The number of aromatic nitrogens is 1. The predicted molar refractivity (Wildman–Crippen MR) is 67.5 cm³/mol. The van der Waals surface area contributed by atoms with Crippen LogP contribution in [-0.2, 0) is 12.4 Å². The van der Waals surface area contributed by atoms with E-state index in [1.807, 2.05) is 0 Å². The van der Waals surface area contributed by atoms with E-state index in [1.54, 1.807) is 13.8 Å². The number of pyridine rings is 1. The number of ether oxygens (including phenoxy) is 1. The van der Waals surface area contributed by atoms with Crippen LogP contribution in [0.3, 0.4) is 0 Å². The van der Waals surface area contributed by atoms with Crippen LogP contribution in [-0.4, -0.2) is 11.1 Å². The van der Waals surface area contributed by atoms with Gasteiger partial charge in [0.15, 0.2) is 0 Å². The molecule has 22 heavy (non-hydrogen) atoms.